The number of anilines is 7. The topological polar surface area (TPSA) is 493 Å². The summed E-state index contributed by atoms with van der Waals surface area (Å²) in [7, 11) is -17.1. The number of aromatic hydroxyl groups is 1. The van der Waals surface area contributed by atoms with Gasteiger partial charge in [-0.05, 0) is 77.1 Å². The zero-order valence-corrected chi connectivity index (χ0v) is 41.5. The Morgan fingerprint density at radius 2 is 1.03 bits per heavy atom. The first-order chi connectivity index (χ1) is 33.8. The van der Waals surface area contributed by atoms with Gasteiger partial charge in [-0.25, -0.2) is 0 Å². The lowest BCUT2D eigenvalue weighted by molar-refractivity contribution is -0.119. The lowest BCUT2D eigenvalue weighted by Gasteiger charge is -2.16. The molecular formula is C35H33Cl2N17O15S4. The van der Waals surface area contributed by atoms with Crippen LogP contribution in [-0.4, -0.2) is 133 Å². The number of halogens is 2. The van der Waals surface area contributed by atoms with Gasteiger partial charge in [0.1, 0.15) is 42.3 Å². The average Bonchev–Trinajstić information content (AvgIpc) is 3.26. The Hall–Kier alpha value is -7.68. The predicted octanol–water partition coefficient (Wildman–Crippen LogP) is 3.21. The molecule has 0 fully saturated rings. The largest absolute Gasteiger partial charge is 0.505 e. The lowest BCUT2D eigenvalue weighted by Crippen LogP contribution is -2.34. The number of amides is 2. The van der Waals surface area contributed by atoms with E-state index in [0.29, 0.717) is 12.1 Å². The summed E-state index contributed by atoms with van der Waals surface area (Å²) in [6.07, 6.45) is 0. The summed E-state index contributed by atoms with van der Waals surface area (Å²) < 4.78 is 142. The Bertz CT molecular complexity index is 3800. The number of fused-ring (bicyclic) bond motifs is 1. The number of nitrogens with zero attached hydrogens (tertiary/aromatic N) is 12. The summed E-state index contributed by atoms with van der Waals surface area (Å²) in [5, 5.41) is 32.0. The first kappa shape index (κ1) is 54.6. The van der Waals surface area contributed by atoms with Gasteiger partial charge in [0.15, 0.2) is 5.75 Å². The molecule has 2 aromatic heterocycles. The van der Waals surface area contributed by atoms with Crippen molar-refractivity contribution in [3.05, 3.63) is 59.1 Å². The van der Waals surface area contributed by atoms with Crippen molar-refractivity contribution < 1.29 is 66.6 Å². The Morgan fingerprint density at radius 3 is 1.44 bits per heavy atom. The number of azo groups is 2. The highest BCUT2D eigenvalue weighted by Gasteiger charge is 2.29. The molecule has 0 saturated heterocycles. The normalized spacial score (nSPS) is 12.3. The number of phenols is 1. The van der Waals surface area contributed by atoms with E-state index < -0.39 is 117 Å². The SMILES string of the molecule is CNC(=O)CN(C)c1nc(Cl)nc(Nc2ccc(S(=O)(=O)O)c(N=Nc3c(S(=O)(=O)O)cc4cc(S(=O)(=O)O)c(N=Nc5cc(Nc6nc(Cl)nc(N(C)CC(N)=O)n6)ccc5S(=O)(=O)O)c(N)c4c3O)c2)n1. The first-order valence-corrected chi connectivity index (χ1v) is 25.8. The molecule has 0 saturated carbocycles. The van der Waals surface area contributed by atoms with Crippen LogP contribution in [0.2, 0.25) is 10.6 Å². The summed E-state index contributed by atoms with van der Waals surface area (Å²) in [4.78, 5) is 45.2. The van der Waals surface area contributed by atoms with E-state index in [1.54, 1.807) is 0 Å². The van der Waals surface area contributed by atoms with Crippen LogP contribution in [0.3, 0.4) is 0 Å². The van der Waals surface area contributed by atoms with Crippen LogP contribution < -0.4 is 37.2 Å². The van der Waals surface area contributed by atoms with Crippen molar-refractivity contribution in [2.75, 3.05) is 60.4 Å². The molecule has 2 heterocycles. The zero-order chi connectivity index (χ0) is 54.1. The molecule has 386 valence electrons. The predicted molar refractivity (Wildman–Crippen MR) is 257 cm³/mol. The summed E-state index contributed by atoms with van der Waals surface area (Å²) >= 11 is 12.1. The number of carbonyl (C=O) groups is 2. The standard InChI is InChI=1S/C35H33Cl2N17O15S4/c1-40-24(56)13-54(3)35-46-31(37)44-33(48-35)42-16-5-7-20(71(61,62)63)18(11-16)50-52-28-22(73(67,68)69)9-14-8-21(72(64,65)66)27(26(39)25(14)29(28)57)51-49-17-10-15(4-6-19(17)70(58,59)60)41-32-43-30(36)45-34(47-32)53(2)12-23(38)55/h4-11,57H,12-13,39H2,1-3H3,(H2,38,55)(H,40,56)(H,58,59,60)(H,61,62,63)(H,64,65,66)(H,67,68,69)(H,41,43,45,47)(H,42,44,46,48). The fourth-order valence-corrected chi connectivity index (χ4v) is 9.00. The number of nitrogens with one attached hydrogen (secondary N) is 3. The van der Waals surface area contributed by atoms with Crippen LogP contribution in [0.25, 0.3) is 10.8 Å². The molecule has 2 amide bonds. The molecule has 0 aliphatic heterocycles. The van der Waals surface area contributed by atoms with Crippen LogP contribution in [-0.2, 0) is 50.1 Å². The van der Waals surface area contributed by atoms with E-state index in [0.717, 1.165) is 36.4 Å². The Labute approximate surface area is 420 Å². The molecule has 6 rings (SSSR count). The number of benzene rings is 4. The first-order valence-electron chi connectivity index (χ1n) is 19.3. The fourth-order valence-electron chi connectivity index (χ4n) is 6.16. The maximum Gasteiger partial charge on any atom is 0.296 e. The van der Waals surface area contributed by atoms with Crippen LogP contribution in [0, 0.1) is 0 Å². The molecule has 0 aliphatic carbocycles. The third kappa shape index (κ3) is 13.1. The van der Waals surface area contributed by atoms with Crippen molar-refractivity contribution in [2.24, 2.45) is 26.2 Å². The van der Waals surface area contributed by atoms with E-state index >= 15 is 0 Å². The molecule has 38 heteroatoms. The number of carbonyl (C=O) groups excluding carboxylic acids is 2. The number of aromatic nitrogens is 6. The molecule has 4 aromatic carbocycles. The molecule has 32 nitrogen and oxygen atoms in total. The molecule has 0 spiro atoms. The van der Waals surface area contributed by atoms with Crippen molar-refractivity contribution >= 4 is 150 Å². The molecule has 0 unspecified atom stereocenters. The van der Waals surface area contributed by atoms with E-state index in [4.69, 9.17) is 34.7 Å². The van der Waals surface area contributed by atoms with Crippen LogP contribution in [0.15, 0.2) is 88.6 Å². The molecular weight excluding hydrogens is 1100 g/mol. The van der Waals surface area contributed by atoms with E-state index in [-0.39, 0.29) is 58.8 Å². The highest BCUT2D eigenvalue weighted by Crippen LogP contribution is 2.49. The van der Waals surface area contributed by atoms with E-state index in [1.165, 1.54) is 30.9 Å². The molecule has 12 N–H and O–H groups in total. The smallest absolute Gasteiger partial charge is 0.296 e. The van der Waals surface area contributed by atoms with Gasteiger partial charge in [0.25, 0.3) is 40.5 Å². The molecule has 0 radical (unpaired) electrons. The van der Waals surface area contributed by atoms with Gasteiger partial charge < -0.3 is 42.3 Å². The number of likely N-dealkylation sites (N-methyl/N-ethyl adjacent to an activating group) is 3. The second-order valence-corrected chi connectivity index (χ2v) is 20.8. The number of hydrogen-bond donors (Lipinski definition) is 10. The van der Waals surface area contributed by atoms with Crippen LogP contribution in [0.4, 0.5) is 63.6 Å². The number of phenolic OH excluding ortho intramolecular Hbond substituents is 1. The number of rotatable bonds is 18. The van der Waals surface area contributed by atoms with E-state index in [2.05, 4.69) is 66.3 Å². The molecule has 0 bridgehead atoms. The van der Waals surface area contributed by atoms with Crippen LogP contribution in [0.5, 0.6) is 5.75 Å². The van der Waals surface area contributed by atoms with Gasteiger partial charge in [-0.1, -0.05) is 0 Å². The van der Waals surface area contributed by atoms with Crippen molar-refractivity contribution in [1.82, 2.24) is 35.2 Å². The minimum Gasteiger partial charge on any atom is -0.505 e. The van der Waals surface area contributed by atoms with Gasteiger partial charge in [0.2, 0.25) is 46.2 Å². The van der Waals surface area contributed by atoms with Crippen LogP contribution >= 0.6 is 23.2 Å². The van der Waals surface area contributed by atoms with Gasteiger partial charge in [0.05, 0.1) is 24.2 Å². The molecule has 0 aliphatic rings. The summed E-state index contributed by atoms with van der Waals surface area (Å²) in [5.74, 6) is -3.33. The van der Waals surface area contributed by atoms with Crippen LogP contribution in [0.1, 0.15) is 0 Å². The lowest BCUT2D eigenvalue weighted by atomic mass is 10.1. The summed E-state index contributed by atoms with van der Waals surface area (Å²) in [5.41, 5.74) is 6.56. The third-order valence-electron chi connectivity index (χ3n) is 9.30. The minimum atomic E-state index is -5.52. The number of nitrogen functional groups attached to an aromatic ring is 1. The van der Waals surface area contributed by atoms with Gasteiger partial charge in [-0.15, -0.1) is 20.5 Å². The van der Waals surface area contributed by atoms with Gasteiger partial charge in [0, 0.05) is 32.5 Å². The summed E-state index contributed by atoms with van der Waals surface area (Å²) in [6, 6.07) is 6.58. The van der Waals surface area contributed by atoms with Gasteiger partial charge >= 0.3 is 0 Å². The molecule has 0 atom stereocenters. The monoisotopic (exact) mass is 1130 g/mol. The second-order valence-electron chi connectivity index (χ2n) is 14.5. The Morgan fingerprint density at radius 1 is 0.616 bits per heavy atom. The van der Waals surface area contributed by atoms with Gasteiger partial charge in [-0.2, -0.15) is 63.6 Å². The number of primary amides is 1. The van der Waals surface area contributed by atoms with Crippen molar-refractivity contribution in [2.45, 2.75) is 19.6 Å². The maximum absolute atomic E-state index is 12.8. The molecule has 73 heavy (non-hydrogen) atoms. The fraction of sp³-hybridized carbons (Fsp3) is 0.143. The Balaban J connectivity index is 1.49. The van der Waals surface area contributed by atoms with Crippen molar-refractivity contribution in [1.29, 1.82) is 0 Å². The van der Waals surface area contributed by atoms with E-state index in [9.17, 15) is 66.6 Å². The quantitative estimate of drug-likeness (QED) is 0.0335. The zero-order valence-electron chi connectivity index (χ0n) is 36.8. The van der Waals surface area contributed by atoms with Crippen molar-refractivity contribution in [3.8, 4) is 5.75 Å². The summed E-state index contributed by atoms with van der Waals surface area (Å²) in [6.45, 7) is -0.567. The number of nitrogens with two attached hydrogens (primary N) is 2. The van der Waals surface area contributed by atoms with Crippen molar-refractivity contribution in [3.63, 3.8) is 0 Å². The average molecular weight is 1130 g/mol. The highest BCUT2D eigenvalue weighted by atomic mass is 35.5. The molecule has 6 aromatic rings. The maximum atomic E-state index is 12.8. The second kappa shape index (κ2) is 20.8. The third-order valence-corrected chi connectivity index (χ3v) is 13.2. The Kier molecular flexibility index (Phi) is 15.6. The van der Waals surface area contributed by atoms with E-state index in [1.807, 2.05) is 0 Å². The van der Waals surface area contributed by atoms with Gasteiger partial charge in [-0.3, -0.25) is 27.8 Å². The number of hydrogen-bond acceptors (Lipinski definition) is 26. The minimum absolute atomic E-state index is 0.103. The highest BCUT2D eigenvalue weighted by molar-refractivity contribution is 7.86.